The van der Waals surface area contributed by atoms with E-state index < -0.39 is 0 Å². The molecule has 0 spiro atoms. The lowest BCUT2D eigenvalue weighted by Crippen LogP contribution is -2.36. The van der Waals surface area contributed by atoms with E-state index in [-0.39, 0.29) is 0 Å². The second-order valence-electron chi connectivity index (χ2n) is 4.15. The molecule has 1 aliphatic heterocycles. The van der Waals surface area contributed by atoms with Crippen molar-refractivity contribution in [2.75, 3.05) is 19.6 Å². The summed E-state index contributed by atoms with van der Waals surface area (Å²) in [6, 6.07) is 0.849. The Hall–Kier alpha value is -0.340. The minimum atomic E-state index is 0.849. The van der Waals surface area contributed by atoms with E-state index in [2.05, 4.69) is 16.7 Å². The maximum atomic E-state index is 3.61. The summed E-state index contributed by atoms with van der Waals surface area (Å²) in [5.41, 5.74) is 1.64. The molecule has 13 heavy (non-hydrogen) atoms. The fourth-order valence-corrected chi connectivity index (χ4v) is 1.95. The van der Waals surface area contributed by atoms with Crippen LogP contribution < -0.4 is 10.6 Å². The summed E-state index contributed by atoms with van der Waals surface area (Å²) >= 11 is 0. The summed E-state index contributed by atoms with van der Waals surface area (Å²) < 4.78 is 0. The second kappa shape index (κ2) is 4.77. The topological polar surface area (TPSA) is 24.1 Å². The van der Waals surface area contributed by atoms with Crippen molar-refractivity contribution in [3.05, 3.63) is 11.6 Å². The minimum absolute atomic E-state index is 0.849. The Kier molecular flexibility index (Phi) is 3.39. The minimum Gasteiger partial charge on any atom is -0.314 e. The van der Waals surface area contributed by atoms with Gasteiger partial charge in [-0.25, -0.2) is 0 Å². The first-order chi connectivity index (χ1) is 6.45. The first kappa shape index (κ1) is 9.22. The van der Waals surface area contributed by atoms with Crippen LogP contribution in [-0.2, 0) is 0 Å². The number of rotatable bonds is 4. The molecule has 1 heterocycles. The predicted molar refractivity (Wildman–Crippen MR) is 55.8 cm³/mol. The lowest BCUT2D eigenvalue weighted by atomic mass is 9.93. The number of hydrogen-bond acceptors (Lipinski definition) is 2. The molecular weight excluding hydrogens is 160 g/mol. The maximum Gasteiger partial charge on any atom is 0.0137 e. The summed E-state index contributed by atoms with van der Waals surface area (Å²) in [7, 11) is 0. The zero-order valence-electron chi connectivity index (χ0n) is 8.31. The Morgan fingerprint density at radius 3 is 3.00 bits per heavy atom. The van der Waals surface area contributed by atoms with E-state index in [9.17, 15) is 0 Å². The molecular formula is C11H20N2. The smallest absolute Gasteiger partial charge is 0.0137 e. The van der Waals surface area contributed by atoms with Crippen molar-refractivity contribution in [2.24, 2.45) is 0 Å². The van der Waals surface area contributed by atoms with Crippen molar-refractivity contribution in [3.8, 4) is 0 Å². The zero-order chi connectivity index (χ0) is 8.93. The van der Waals surface area contributed by atoms with Crippen LogP contribution in [0.4, 0.5) is 0 Å². The summed E-state index contributed by atoms with van der Waals surface area (Å²) in [5.74, 6) is 0. The normalized spacial score (nSPS) is 23.8. The molecule has 0 radical (unpaired) electrons. The third-order valence-corrected chi connectivity index (χ3v) is 3.14. The van der Waals surface area contributed by atoms with Crippen molar-refractivity contribution in [3.63, 3.8) is 0 Å². The molecule has 0 bridgehead atoms. The van der Waals surface area contributed by atoms with Crippen molar-refractivity contribution in [2.45, 2.75) is 38.1 Å². The monoisotopic (exact) mass is 180 g/mol. The quantitative estimate of drug-likeness (QED) is 0.640. The second-order valence-corrected chi connectivity index (χ2v) is 4.15. The molecule has 0 amide bonds. The van der Waals surface area contributed by atoms with Crippen LogP contribution >= 0.6 is 0 Å². The van der Waals surface area contributed by atoms with Gasteiger partial charge in [0.25, 0.3) is 0 Å². The Bertz CT molecular complexity index is 183. The molecule has 0 aromatic carbocycles. The Morgan fingerprint density at radius 2 is 2.38 bits per heavy atom. The third kappa shape index (κ3) is 2.82. The molecule has 74 valence electrons. The highest BCUT2D eigenvalue weighted by Gasteiger charge is 2.15. The van der Waals surface area contributed by atoms with Crippen LogP contribution in [0.1, 0.15) is 32.1 Å². The molecule has 1 fully saturated rings. The van der Waals surface area contributed by atoms with E-state index in [1.54, 1.807) is 5.57 Å². The van der Waals surface area contributed by atoms with Crippen molar-refractivity contribution < 1.29 is 0 Å². The van der Waals surface area contributed by atoms with E-state index in [0.717, 1.165) is 12.6 Å². The van der Waals surface area contributed by atoms with Crippen LogP contribution in [0.5, 0.6) is 0 Å². The molecule has 1 saturated carbocycles. The van der Waals surface area contributed by atoms with Gasteiger partial charge in [-0.1, -0.05) is 18.1 Å². The molecule has 2 nitrogen and oxygen atoms in total. The van der Waals surface area contributed by atoms with Gasteiger partial charge in [-0.05, 0) is 38.8 Å². The highest BCUT2D eigenvalue weighted by molar-refractivity contribution is 5.07. The van der Waals surface area contributed by atoms with Gasteiger partial charge in [0.1, 0.15) is 0 Å². The molecule has 0 atom stereocenters. The summed E-state index contributed by atoms with van der Waals surface area (Å²) in [6.45, 7) is 3.45. The van der Waals surface area contributed by atoms with Gasteiger partial charge < -0.3 is 10.6 Å². The third-order valence-electron chi connectivity index (χ3n) is 3.14. The molecule has 0 saturated heterocycles. The SMILES string of the molecule is C1=C(CCNC2CCC2)CCNC1. The van der Waals surface area contributed by atoms with E-state index >= 15 is 0 Å². The Morgan fingerprint density at radius 1 is 1.46 bits per heavy atom. The van der Waals surface area contributed by atoms with Gasteiger partial charge in [0.15, 0.2) is 0 Å². The number of nitrogens with one attached hydrogen (secondary N) is 2. The van der Waals surface area contributed by atoms with Gasteiger partial charge in [-0.3, -0.25) is 0 Å². The fourth-order valence-electron chi connectivity index (χ4n) is 1.95. The van der Waals surface area contributed by atoms with Gasteiger partial charge in [0, 0.05) is 12.6 Å². The van der Waals surface area contributed by atoms with Gasteiger partial charge >= 0.3 is 0 Å². The van der Waals surface area contributed by atoms with Gasteiger partial charge in [-0.15, -0.1) is 0 Å². The van der Waals surface area contributed by atoms with Crippen LogP contribution in [0, 0.1) is 0 Å². The lowest BCUT2D eigenvalue weighted by Gasteiger charge is -2.27. The highest BCUT2D eigenvalue weighted by atomic mass is 14.9. The molecule has 2 aliphatic rings. The molecule has 0 aromatic heterocycles. The van der Waals surface area contributed by atoms with Crippen LogP contribution in [0.15, 0.2) is 11.6 Å². The predicted octanol–water partition coefficient (Wildman–Crippen LogP) is 1.44. The standard InChI is InChI=1S/C11H20N2/c1-2-11(3-1)13-9-6-10-4-7-12-8-5-10/h4,11-13H,1-3,5-9H2. The average Bonchev–Trinajstić information content (AvgIpc) is 2.11. The van der Waals surface area contributed by atoms with Crippen molar-refractivity contribution in [1.82, 2.24) is 10.6 Å². The van der Waals surface area contributed by atoms with Gasteiger partial charge in [-0.2, -0.15) is 0 Å². The average molecular weight is 180 g/mol. The zero-order valence-corrected chi connectivity index (χ0v) is 8.31. The van der Waals surface area contributed by atoms with E-state index in [1.807, 2.05) is 0 Å². The highest BCUT2D eigenvalue weighted by Crippen LogP contribution is 2.18. The maximum absolute atomic E-state index is 3.61. The Balaban J connectivity index is 1.58. The fraction of sp³-hybridized carbons (Fsp3) is 0.818. The summed E-state index contributed by atoms with van der Waals surface area (Å²) in [6.07, 6.45) is 9.11. The van der Waals surface area contributed by atoms with Crippen LogP contribution in [-0.4, -0.2) is 25.7 Å². The summed E-state index contributed by atoms with van der Waals surface area (Å²) in [5, 5.41) is 6.94. The molecule has 0 unspecified atom stereocenters. The largest absolute Gasteiger partial charge is 0.314 e. The van der Waals surface area contributed by atoms with Gasteiger partial charge in [0.05, 0.1) is 0 Å². The van der Waals surface area contributed by atoms with E-state index in [4.69, 9.17) is 0 Å². The molecule has 2 rings (SSSR count). The van der Waals surface area contributed by atoms with E-state index in [0.29, 0.717) is 0 Å². The summed E-state index contributed by atoms with van der Waals surface area (Å²) in [4.78, 5) is 0. The number of hydrogen-bond donors (Lipinski definition) is 2. The van der Waals surface area contributed by atoms with Gasteiger partial charge in [0.2, 0.25) is 0 Å². The molecule has 1 aliphatic carbocycles. The lowest BCUT2D eigenvalue weighted by molar-refractivity contribution is 0.341. The first-order valence-corrected chi connectivity index (χ1v) is 5.57. The molecule has 2 heteroatoms. The van der Waals surface area contributed by atoms with Crippen molar-refractivity contribution in [1.29, 1.82) is 0 Å². The van der Waals surface area contributed by atoms with Crippen LogP contribution in [0.2, 0.25) is 0 Å². The molecule has 2 N–H and O–H groups in total. The van der Waals surface area contributed by atoms with Crippen LogP contribution in [0.25, 0.3) is 0 Å². The van der Waals surface area contributed by atoms with Crippen molar-refractivity contribution >= 4 is 0 Å². The molecule has 0 aromatic rings. The Labute approximate surface area is 80.8 Å². The van der Waals surface area contributed by atoms with Crippen LogP contribution in [0.3, 0.4) is 0 Å². The first-order valence-electron chi connectivity index (χ1n) is 5.57. The van der Waals surface area contributed by atoms with E-state index in [1.165, 1.54) is 45.2 Å².